The Morgan fingerprint density at radius 2 is 2.00 bits per heavy atom. The van der Waals surface area contributed by atoms with Crippen molar-refractivity contribution in [1.82, 2.24) is 19.7 Å². The third kappa shape index (κ3) is 3.71. The number of pyridine rings is 1. The van der Waals surface area contributed by atoms with Crippen LogP contribution in [0.25, 0.3) is 16.7 Å². The molecule has 0 saturated heterocycles. The summed E-state index contributed by atoms with van der Waals surface area (Å²) in [6, 6.07) is 9.55. The zero-order chi connectivity index (χ0) is 18.8. The molecule has 0 radical (unpaired) electrons. The zero-order valence-electron chi connectivity index (χ0n) is 15.8. The summed E-state index contributed by atoms with van der Waals surface area (Å²) < 4.78 is 7.64. The number of carbonyl (C=O) groups excluding carboxylic acids is 1. The molecule has 0 unspecified atom stereocenters. The summed E-state index contributed by atoms with van der Waals surface area (Å²) in [6.45, 7) is 0.743. The van der Waals surface area contributed by atoms with Gasteiger partial charge in [-0.15, -0.1) is 0 Å². The number of benzene rings is 1. The van der Waals surface area contributed by atoms with Crippen LogP contribution in [-0.4, -0.2) is 52.4 Å². The van der Waals surface area contributed by atoms with Crippen molar-refractivity contribution in [2.45, 2.75) is 31.8 Å². The van der Waals surface area contributed by atoms with E-state index in [1.165, 1.54) is 19.3 Å². The first kappa shape index (κ1) is 17.7. The Labute approximate surface area is 158 Å². The Morgan fingerprint density at radius 1 is 1.22 bits per heavy atom. The second-order valence-corrected chi connectivity index (χ2v) is 7.23. The van der Waals surface area contributed by atoms with Crippen molar-refractivity contribution in [1.29, 1.82) is 0 Å². The maximum Gasteiger partial charge on any atom is 0.253 e. The van der Waals surface area contributed by atoms with Gasteiger partial charge in [0.05, 0.1) is 24.6 Å². The van der Waals surface area contributed by atoms with E-state index in [-0.39, 0.29) is 5.91 Å². The van der Waals surface area contributed by atoms with Crippen molar-refractivity contribution in [3.63, 3.8) is 0 Å². The Hall–Kier alpha value is -2.73. The van der Waals surface area contributed by atoms with Crippen LogP contribution in [0.5, 0.6) is 0 Å². The Kier molecular flexibility index (Phi) is 4.90. The van der Waals surface area contributed by atoms with Crippen LogP contribution in [0.3, 0.4) is 0 Å². The first-order chi connectivity index (χ1) is 13.1. The Bertz CT molecular complexity index is 942. The van der Waals surface area contributed by atoms with Crippen LogP contribution < -0.4 is 0 Å². The fourth-order valence-corrected chi connectivity index (χ4v) is 3.18. The van der Waals surface area contributed by atoms with Gasteiger partial charge in [0.15, 0.2) is 5.65 Å². The molecule has 3 aromatic rings. The lowest BCUT2D eigenvalue weighted by Gasteiger charge is -2.25. The molecule has 0 spiro atoms. The third-order valence-electron chi connectivity index (χ3n) is 5.03. The second-order valence-electron chi connectivity index (χ2n) is 7.23. The van der Waals surface area contributed by atoms with Crippen LogP contribution in [-0.2, 0) is 11.2 Å². The van der Waals surface area contributed by atoms with E-state index in [1.807, 2.05) is 36.7 Å². The minimum Gasteiger partial charge on any atom is -0.378 e. The smallest absolute Gasteiger partial charge is 0.253 e. The van der Waals surface area contributed by atoms with Crippen LogP contribution in [0.2, 0.25) is 0 Å². The molecule has 2 heterocycles. The summed E-state index contributed by atoms with van der Waals surface area (Å²) in [6.07, 6.45) is 8.75. The van der Waals surface area contributed by atoms with E-state index in [2.05, 4.69) is 16.1 Å². The maximum atomic E-state index is 12.0. The van der Waals surface area contributed by atoms with Gasteiger partial charge in [0.1, 0.15) is 0 Å². The van der Waals surface area contributed by atoms with Gasteiger partial charge in [-0.05, 0) is 61.6 Å². The SMILES string of the molecule is CN(C)C(=O)c1ccc(-n2ncc3cc(CCOC4CCC4)cnc32)cc1. The minimum absolute atomic E-state index is 0.0150. The number of ether oxygens (including phenoxy) is 1. The quantitative estimate of drug-likeness (QED) is 0.674. The van der Waals surface area contributed by atoms with Crippen molar-refractivity contribution in [2.75, 3.05) is 20.7 Å². The first-order valence-corrected chi connectivity index (χ1v) is 9.38. The third-order valence-corrected chi connectivity index (χ3v) is 5.03. The molecule has 2 aromatic heterocycles. The molecule has 1 aliphatic carbocycles. The molecule has 1 saturated carbocycles. The normalized spacial score (nSPS) is 14.3. The molecular weight excluding hydrogens is 340 g/mol. The molecule has 1 aliphatic rings. The van der Waals surface area contributed by atoms with E-state index in [0.29, 0.717) is 11.7 Å². The van der Waals surface area contributed by atoms with Gasteiger partial charge in [-0.25, -0.2) is 9.67 Å². The largest absolute Gasteiger partial charge is 0.378 e. The molecule has 27 heavy (non-hydrogen) atoms. The van der Waals surface area contributed by atoms with E-state index < -0.39 is 0 Å². The number of rotatable bonds is 6. The summed E-state index contributed by atoms with van der Waals surface area (Å²) in [5, 5.41) is 5.48. The van der Waals surface area contributed by atoms with Gasteiger partial charge in [0, 0.05) is 31.2 Å². The lowest BCUT2D eigenvalue weighted by molar-refractivity contribution is 0.00412. The summed E-state index contributed by atoms with van der Waals surface area (Å²) in [5.74, 6) is -0.0150. The van der Waals surface area contributed by atoms with Gasteiger partial charge in [-0.3, -0.25) is 4.79 Å². The number of hydrogen-bond donors (Lipinski definition) is 0. The molecule has 6 heteroatoms. The fraction of sp³-hybridized carbons (Fsp3) is 0.381. The molecule has 0 N–H and O–H groups in total. The van der Waals surface area contributed by atoms with E-state index >= 15 is 0 Å². The van der Waals surface area contributed by atoms with Crippen molar-refractivity contribution in [2.24, 2.45) is 0 Å². The van der Waals surface area contributed by atoms with Gasteiger partial charge in [-0.1, -0.05) is 0 Å². The van der Waals surface area contributed by atoms with Crippen LogP contribution >= 0.6 is 0 Å². The highest BCUT2D eigenvalue weighted by molar-refractivity contribution is 5.94. The van der Waals surface area contributed by atoms with Crippen molar-refractivity contribution < 1.29 is 9.53 Å². The topological polar surface area (TPSA) is 60.2 Å². The molecule has 1 aromatic carbocycles. The van der Waals surface area contributed by atoms with Gasteiger partial charge >= 0.3 is 0 Å². The summed E-state index contributed by atoms with van der Waals surface area (Å²) >= 11 is 0. The predicted molar refractivity (Wildman–Crippen MR) is 104 cm³/mol. The minimum atomic E-state index is -0.0150. The van der Waals surface area contributed by atoms with Crippen LogP contribution in [0, 0.1) is 0 Å². The Balaban J connectivity index is 1.50. The zero-order valence-corrected chi connectivity index (χ0v) is 15.8. The van der Waals surface area contributed by atoms with Crippen LogP contribution in [0.1, 0.15) is 35.2 Å². The average molecular weight is 364 g/mol. The molecule has 4 rings (SSSR count). The van der Waals surface area contributed by atoms with E-state index in [4.69, 9.17) is 4.74 Å². The number of nitrogens with zero attached hydrogens (tertiary/aromatic N) is 4. The molecule has 1 fully saturated rings. The molecule has 140 valence electrons. The van der Waals surface area contributed by atoms with Crippen LogP contribution in [0.15, 0.2) is 42.7 Å². The number of fused-ring (bicyclic) bond motifs is 1. The fourth-order valence-electron chi connectivity index (χ4n) is 3.18. The standard InChI is InChI=1S/C21H24N4O2/c1-24(2)21(26)16-6-8-18(9-7-16)25-20-17(14-23-25)12-15(13-22-20)10-11-27-19-4-3-5-19/h6-9,12-14,19H,3-5,10-11H2,1-2H3. The molecule has 6 nitrogen and oxygen atoms in total. The van der Waals surface area contributed by atoms with Crippen molar-refractivity contribution >= 4 is 16.9 Å². The Morgan fingerprint density at radius 3 is 2.67 bits per heavy atom. The lowest BCUT2D eigenvalue weighted by Crippen LogP contribution is -2.22. The number of hydrogen-bond acceptors (Lipinski definition) is 4. The molecular formula is C21H24N4O2. The summed E-state index contributed by atoms with van der Waals surface area (Å²) in [4.78, 5) is 18.2. The van der Waals surface area contributed by atoms with Gasteiger partial charge in [0.2, 0.25) is 0 Å². The molecule has 0 bridgehead atoms. The van der Waals surface area contributed by atoms with Gasteiger partial charge in [-0.2, -0.15) is 5.10 Å². The van der Waals surface area contributed by atoms with E-state index in [9.17, 15) is 4.79 Å². The molecule has 0 aliphatic heterocycles. The molecule has 1 amide bonds. The monoisotopic (exact) mass is 364 g/mol. The van der Waals surface area contributed by atoms with E-state index in [0.717, 1.165) is 35.3 Å². The first-order valence-electron chi connectivity index (χ1n) is 9.38. The maximum absolute atomic E-state index is 12.0. The molecule has 0 atom stereocenters. The summed E-state index contributed by atoms with van der Waals surface area (Å²) in [5.41, 5.74) is 3.51. The van der Waals surface area contributed by atoms with Crippen molar-refractivity contribution in [3.8, 4) is 5.69 Å². The van der Waals surface area contributed by atoms with Gasteiger partial charge in [0.25, 0.3) is 5.91 Å². The predicted octanol–water partition coefficient (Wildman–Crippen LogP) is 3.23. The van der Waals surface area contributed by atoms with Crippen LogP contribution in [0.4, 0.5) is 0 Å². The van der Waals surface area contributed by atoms with Gasteiger partial charge < -0.3 is 9.64 Å². The number of amides is 1. The number of aromatic nitrogens is 3. The van der Waals surface area contributed by atoms with Crippen molar-refractivity contribution in [3.05, 3.63) is 53.9 Å². The number of carbonyl (C=O) groups is 1. The average Bonchev–Trinajstić information content (AvgIpc) is 3.06. The summed E-state index contributed by atoms with van der Waals surface area (Å²) in [7, 11) is 3.49. The lowest BCUT2D eigenvalue weighted by atomic mass is 9.96. The highest BCUT2D eigenvalue weighted by Crippen LogP contribution is 2.22. The van der Waals surface area contributed by atoms with E-state index in [1.54, 1.807) is 23.7 Å². The second kappa shape index (κ2) is 7.48. The highest BCUT2D eigenvalue weighted by atomic mass is 16.5. The highest BCUT2D eigenvalue weighted by Gasteiger charge is 2.17.